The Kier molecular flexibility index (Phi) is 4.41. The summed E-state index contributed by atoms with van der Waals surface area (Å²) in [5.74, 6) is 0.654. The van der Waals surface area contributed by atoms with Crippen molar-refractivity contribution in [3.63, 3.8) is 0 Å². The van der Waals surface area contributed by atoms with Crippen molar-refractivity contribution in [1.29, 1.82) is 0 Å². The Morgan fingerprint density at radius 1 is 1.21 bits per heavy atom. The van der Waals surface area contributed by atoms with Gasteiger partial charge in [0.05, 0.1) is 0 Å². The Morgan fingerprint density at radius 3 is 2.67 bits per heavy atom. The molecule has 0 radical (unpaired) electrons. The number of pyridine rings is 1. The molecule has 0 fully saturated rings. The first-order chi connectivity index (χ1) is 11.6. The summed E-state index contributed by atoms with van der Waals surface area (Å²) >= 11 is 0. The molecule has 124 valence electrons. The molecule has 0 aromatic carbocycles. The second kappa shape index (κ2) is 6.66. The van der Waals surface area contributed by atoms with Gasteiger partial charge in [0.25, 0.3) is 5.91 Å². The number of aromatic nitrogens is 4. The molecule has 0 unspecified atom stereocenters. The van der Waals surface area contributed by atoms with Crippen molar-refractivity contribution >= 4 is 5.91 Å². The van der Waals surface area contributed by atoms with E-state index < -0.39 is 6.04 Å². The number of hydrogen-bond acceptors (Lipinski definition) is 5. The molecule has 1 amide bonds. The van der Waals surface area contributed by atoms with Crippen molar-refractivity contribution in [3.05, 3.63) is 54.4 Å². The maximum absolute atomic E-state index is 12.5. The monoisotopic (exact) mass is 325 g/mol. The Bertz CT molecular complexity index is 822. The molecular formula is C17H19N5O2. The van der Waals surface area contributed by atoms with E-state index in [0.717, 1.165) is 5.56 Å². The van der Waals surface area contributed by atoms with E-state index in [1.807, 2.05) is 37.6 Å². The second-order valence-corrected chi connectivity index (χ2v) is 5.78. The van der Waals surface area contributed by atoms with Gasteiger partial charge in [-0.05, 0) is 45.0 Å². The van der Waals surface area contributed by atoms with E-state index in [0.29, 0.717) is 17.4 Å². The normalized spacial score (nSPS) is 12.3. The maximum Gasteiger partial charge on any atom is 0.268 e. The van der Waals surface area contributed by atoms with Crippen LogP contribution < -0.4 is 5.32 Å². The molecule has 0 aliphatic heterocycles. The van der Waals surface area contributed by atoms with Gasteiger partial charge in [-0.15, -0.1) is 0 Å². The zero-order valence-corrected chi connectivity index (χ0v) is 13.8. The lowest BCUT2D eigenvalue weighted by Crippen LogP contribution is -2.29. The third-order valence-electron chi connectivity index (χ3n) is 3.67. The molecule has 3 heterocycles. The summed E-state index contributed by atoms with van der Waals surface area (Å²) < 4.78 is 7.19. The lowest BCUT2D eigenvalue weighted by Gasteiger charge is -2.14. The lowest BCUT2D eigenvalue weighted by molar-refractivity contribution is 0.0921. The number of nitrogens with one attached hydrogen (secondary N) is 1. The fraction of sp³-hybridized carbons (Fsp3) is 0.294. The van der Waals surface area contributed by atoms with E-state index in [2.05, 4.69) is 20.4 Å². The summed E-state index contributed by atoms with van der Waals surface area (Å²) in [5, 5.41) is 6.84. The highest BCUT2D eigenvalue weighted by molar-refractivity contribution is 5.93. The van der Waals surface area contributed by atoms with Crippen LogP contribution >= 0.6 is 0 Å². The second-order valence-electron chi connectivity index (χ2n) is 5.78. The van der Waals surface area contributed by atoms with Crippen LogP contribution in [-0.2, 0) is 0 Å². The molecule has 0 aliphatic carbocycles. The Morgan fingerprint density at radius 2 is 1.96 bits per heavy atom. The van der Waals surface area contributed by atoms with Gasteiger partial charge >= 0.3 is 0 Å². The van der Waals surface area contributed by atoms with Crippen molar-refractivity contribution in [2.45, 2.75) is 32.9 Å². The molecule has 7 heteroatoms. The van der Waals surface area contributed by atoms with Crippen LogP contribution in [0.2, 0.25) is 0 Å². The van der Waals surface area contributed by atoms with Crippen LogP contribution in [0.15, 0.2) is 47.4 Å². The summed E-state index contributed by atoms with van der Waals surface area (Å²) in [7, 11) is 0. The average molecular weight is 325 g/mol. The van der Waals surface area contributed by atoms with Crippen LogP contribution in [0, 0.1) is 0 Å². The highest BCUT2D eigenvalue weighted by atomic mass is 16.5. The number of carbonyl (C=O) groups is 1. The Hall–Kier alpha value is -2.96. The van der Waals surface area contributed by atoms with Crippen LogP contribution in [0.5, 0.6) is 0 Å². The van der Waals surface area contributed by atoms with Crippen LogP contribution in [-0.4, -0.2) is 25.6 Å². The molecule has 1 atom stereocenters. The van der Waals surface area contributed by atoms with Gasteiger partial charge in [0.2, 0.25) is 11.7 Å². The summed E-state index contributed by atoms with van der Waals surface area (Å²) in [6.45, 7) is 5.86. The summed E-state index contributed by atoms with van der Waals surface area (Å²) in [6.07, 6.45) is 5.21. The van der Waals surface area contributed by atoms with E-state index in [1.54, 1.807) is 30.6 Å². The van der Waals surface area contributed by atoms with Gasteiger partial charge in [0.1, 0.15) is 11.7 Å². The minimum Gasteiger partial charge on any atom is -0.341 e. The first kappa shape index (κ1) is 15.9. The lowest BCUT2D eigenvalue weighted by atomic mass is 10.2. The number of carbonyl (C=O) groups excluding carboxylic acids is 1. The molecule has 3 aromatic rings. The zero-order chi connectivity index (χ0) is 17.1. The molecule has 0 saturated carbocycles. The van der Waals surface area contributed by atoms with Gasteiger partial charge in [-0.2, -0.15) is 4.98 Å². The first-order valence-electron chi connectivity index (χ1n) is 7.78. The smallest absolute Gasteiger partial charge is 0.268 e. The largest absolute Gasteiger partial charge is 0.341 e. The van der Waals surface area contributed by atoms with Crippen molar-refractivity contribution in [2.24, 2.45) is 0 Å². The molecule has 0 saturated heterocycles. The number of nitrogens with zero attached hydrogens (tertiary/aromatic N) is 4. The van der Waals surface area contributed by atoms with Gasteiger partial charge in [-0.1, -0.05) is 5.16 Å². The molecule has 0 spiro atoms. The van der Waals surface area contributed by atoms with E-state index in [9.17, 15) is 4.79 Å². The molecule has 1 N–H and O–H groups in total. The van der Waals surface area contributed by atoms with Crippen LogP contribution in [0.4, 0.5) is 0 Å². The van der Waals surface area contributed by atoms with Crippen LogP contribution in [0.3, 0.4) is 0 Å². The van der Waals surface area contributed by atoms with Crippen LogP contribution in [0.1, 0.15) is 49.2 Å². The van der Waals surface area contributed by atoms with E-state index >= 15 is 0 Å². The van der Waals surface area contributed by atoms with Crippen molar-refractivity contribution in [1.82, 2.24) is 25.0 Å². The fourth-order valence-corrected chi connectivity index (χ4v) is 2.40. The molecule has 3 aromatic heterocycles. The molecule has 24 heavy (non-hydrogen) atoms. The molecule has 7 nitrogen and oxygen atoms in total. The number of hydrogen-bond donors (Lipinski definition) is 1. The summed E-state index contributed by atoms with van der Waals surface area (Å²) in [4.78, 5) is 20.8. The van der Waals surface area contributed by atoms with Gasteiger partial charge < -0.3 is 14.4 Å². The predicted octanol–water partition coefficient (Wildman–Crippen LogP) is 3.01. The molecular weight excluding hydrogens is 306 g/mol. The Balaban J connectivity index is 1.73. The van der Waals surface area contributed by atoms with E-state index in [1.165, 1.54) is 0 Å². The molecule has 0 aliphatic rings. The van der Waals surface area contributed by atoms with Crippen molar-refractivity contribution < 1.29 is 9.32 Å². The quantitative estimate of drug-likeness (QED) is 0.779. The molecule has 0 bridgehead atoms. The van der Waals surface area contributed by atoms with Gasteiger partial charge in [0.15, 0.2) is 0 Å². The minimum atomic E-state index is -0.393. The fourth-order valence-electron chi connectivity index (χ4n) is 2.40. The Labute approximate surface area is 139 Å². The highest BCUT2D eigenvalue weighted by Gasteiger charge is 2.20. The minimum absolute atomic E-state index is 0.176. The third kappa shape index (κ3) is 3.19. The highest BCUT2D eigenvalue weighted by Crippen LogP contribution is 2.18. The summed E-state index contributed by atoms with van der Waals surface area (Å²) in [6, 6.07) is 7.06. The van der Waals surface area contributed by atoms with Crippen LogP contribution in [0.25, 0.3) is 11.4 Å². The summed E-state index contributed by atoms with van der Waals surface area (Å²) in [5.41, 5.74) is 1.41. The van der Waals surface area contributed by atoms with Gasteiger partial charge in [-0.3, -0.25) is 9.78 Å². The standard InChI is InChI=1S/C17H19N5O2/c1-11(2)22-10-4-5-14(22)16(23)19-12(3)17-20-15(21-24-17)13-6-8-18-9-7-13/h4-12H,1-3H3,(H,19,23)/t12-/m1/s1. The number of rotatable bonds is 5. The van der Waals surface area contributed by atoms with Gasteiger partial charge in [0, 0.05) is 30.2 Å². The SMILES string of the molecule is CC(C)n1cccc1C(=O)N[C@H](C)c1nc(-c2ccncc2)no1. The van der Waals surface area contributed by atoms with Gasteiger partial charge in [-0.25, -0.2) is 0 Å². The zero-order valence-electron chi connectivity index (χ0n) is 13.8. The third-order valence-corrected chi connectivity index (χ3v) is 3.67. The predicted molar refractivity (Wildman–Crippen MR) is 88.2 cm³/mol. The average Bonchev–Trinajstić information content (AvgIpc) is 3.25. The van der Waals surface area contributed by atoms with Crippen molar-refractivity contribution in [2.75, 3.05) is 0 Å². The topological polar surface area (TPSA) is 85.8 Å². The molecule has 3 rings (SSSR count). The van der Waals surface area contributed by atoms with E-state index in [-0.39, 0.29) is 11.9 Å². The number of amides is 1. The first-order valence-corrected chi connectivity index (χ1v) is 7.78. The maximum atomic E-state index is 12.5. The van der Waals surface area contributed by atoms with Crippen molar-refractivity contribution in [3.8, 4) is 11.4 Å². The van der Waals surface area contributed by atoms with E-state index in [4.69, 9.17) is 4.52 Å².